The first-order valence-electron chi connectivity index (χ1n) is 7.52. The molecule has 0 aliphatic carbocycles. The zero-order valence-electron chi connectivity index (χ0n) is 13.9. The van der Waals surface area contributed by atoms with Crippen molar-refractivity contribution in [2.45, 2.75) is 39.6 Å². The molecule has 0 unspecified atom stereocenters. The van der Waals surface area contributed by atoms with E-state index in [1.54, 1.807) is 11.8 Å². The number of thioether (sulfide) groups is 1. The summed E-state index contributed by atoms with van der Waals surface area (Å²) in [5, 5.41) is 5.35. The van der Waals surface area contributed by atoms with Crippen molar-refractivity contribution in [3.8, 4) is 0 Å². The number of hydrogen-bond acceptors (Lipinski definition) is 5. The molecular weight excluding hydrogens is 296 g/mol. The predicted molar refractivity (Wildman–Crippen MR) is 92.9 cm³/mol. The second-order valence-corrected chi connectivity index (χ2v) is 6.44. The third kappa shape index (κ3) is 3.47. The van der Waals surface area contributed by atoms with Gasteiger partial charge in [0.05, 0.1) is 13.0 Å². The molecule has 1 aliphatic rings. The largest absolute Gasteiger partial charge is 0.466 e. The van der Waals surface area contributed by atoms with Crippen molar-refractivity contribution in [3.63, 3.8) is 0 Å². The SMILES string of the molecule is CCOC(=O)CC1=CS[C@@H](NC)N1c1c(C)cc(C)cc1C. The maximum absolute atomic E-state index is 11.9. The van der Waals surface area contributed by atoms with Gasteiger partial charge in [-0.3, -0.25) is 10.1 Å². The maximum Gasteiger partial charge on any atom is 0.311 e. The van der Waals surface area contributed by atoms with E-state index in [9.17, 15) is 4.79 Å². The van der Waals surface area contributed by atoms with Gasteiger partial charge in [-0.2, -0.15) is 0 Å². The van der Waals surface area contributed by atoms with Crippen molar-refractivity contribution in [2.75, 3.05) is 18.6 Å². The standard InChI is InChI=1S/C17H24N2O2S/c1-6-21-15(20)9-14-10-22-17(18-5)19(14)16-12(3)7-11(2)8-13(16)4/h7-8,10,17-18H,6,9H2,1-5H3/t17-/m0/s1. The van der Waals surface area contributed by atoms with Gasteiger partial charge in [0.15, 0.2) is 0 Å². The van der Waals surface area contributed by atoms with E-state index in [0.29, 0.717) is 13.0 Å². The van der Waals surface area contributed by atoms with E-state index in [0.717, 1.165) is 5.70 Å². The molecular formula is C17H24N2O2S. The van der Waals surface area contributed by atoms with Crippen LogP contribution < -0.4 is 10.2 Å². The highest BCUT2D eigenvalue weighted by Gasteiger charge is 2.30. The topological polar surface area (TPSA) is 41.6 Å². The van der Waals surface area contributed by atoms with Crippen molar-refractivity contribution in [1.29, 1.82) is 0 Å². The first-order chi connectivity index (χ1) is 10.5. The second kappa shape index (κ2) is 7.20. The minimum absolute atomic E-state index is 0.101. The Hall–Kier alpha value is -1.46. The molecule has 120 valence electrons. The average molecular weight is 320 g/mol. The Balaban J connectivity index is 2.36. The summed E-state index contributed by atoms with van der Waals surface area (Å²) in [4.78, 5) is 14.1. The number of benzene rings is 1. The van der Waals surface area contributed by atoms with Crippen molar-refractivity contribution in [2.24, 2.45) is 0 Å². The van der Waals surface area contributed by atoms with Crippen LogP contribution >= 0.6 is 11.8 Å². The summed E-state index contributed by atoms with van der Waals surface area (Å²) in [5.41, 5.74) is 5.94. The molecule has 2 rings (SSSR count). The monoisotopic (exact) mass is 320 g/mol. The lowest BCUT2D eigenvalue weighted by Crippen LogP contribution is -2.39. The van der Waals surface area contributed by atoms with E-state index >= 15 is 0 Å². The minimum atomic E-state index is -0.182. The van der Waals surface area contributed by atoms with Gasteiger partial charge in [-0.25, -0.2) is 0 Å². The molecule has 0 radical (unpaired) electrons. The molecule has 0 saturated heterocycles. The summed E-state index contributed by atoms with van der Waals surface area (Å²) in [6.45, 7) is 8.59. The molecule has 22 heavy (non-hydrogen) atoms. The Morgan fingerprint density at radius 2 is 1.95 bits per heavy atom. The van der Waals surface area contributed by atoms with Crippen molar-refractivity contribution in [3.05, 3.63) is 39.9 Å². The van der Waals surface area contributed by atoms with Gasteiger partial charge < -0.3 is 9.64 Å². The Morgan fingerprint density at radius 3 is 2.50 bits per heavy atom. The highest BCUT2D eigenvalue weighted by atomic mass is 32.2. The first kappa shape index (κ1) is 16.9. The summed E-state index contributed by atoms with van der Waals surface area (Å²) >= 11 is 1.68. The molecule has 0 fully saturated rings. The van der Waals surface area contributed by atoms with Gasteiger partial charge in [-0.1, -0.05) is 29.5 Å². The molecule has 1 atom stereocenters. The van der Waals surface area contributed by atoms with Gasteiger partial charge in [0.1, 0.15) is 5.50 Å². The van der Waals surface area contributed by atoms with Crippen molar-refractivity contribution < 1.29 is 9.53 Å². The minimum Gasteiger partial charge on any atom is -0.466 e. The van der Waals surface area contributed by atoms with Crippen LogP contribution in [-0.2, 0) is 9.53 Å². The molecule has 0 aromatic heterocycles. The van der Waals surface area contributed by atoms with E-state index in [4.69, 9.17) is 4.74 Å². The second-order valence-electron chi connectivity index (χ2n) is 5.49. The lowest BCUT2D eigenvalue weighted by molar-refractivity contribution is -0.142. The average Bonchev–Trinajstić information content (AvgIpc) is 2.81. The Bertz CT molecular complexity index is 575. The fourth-order valence-corrected chi connectivity index (χ4v) is 3.89. The summed E-state index contributed by atoms with van der Waals surface area (Å²) in [6.07, 6.45) is 0.297. The summed E-state index contributed by atoms with van der Waals surface area (Å²) in [7, 11) is 1.94. The third-order valence-electron chi connectivity index (χ3n) is 3.63. The van der Waals surface area contributed by atoms with Gasteiger partial charge >= 0.3 is 5.97 Å². The number of rotatable bonds is 5. The Labute approximate surface area is 136 Å². The summed E-state index contributed by atoms with van der Waals surface area (Å²) in [6, 6.07) is 4.36. The molecule has 0 amide bonds. The zero-order chi connectivity index (χ0) is 16.3. The molecule has 0 spiro atoms. The fourth-order valence-electron chi connectivity index (χ4n) is 2.91. The van der Waals surface area contributed by atoms with Crippen LogP contribution in [0.15, 0.2) is 23.2 Å². The van der Waals surface area contributed by atoms with E-state index in [1.165, 1.54) is 22.4 Å². The van der Waals surface area contributed by atoms with Crippen molar-refractivity contribution >= 4 is 23.4 Å². The number of hydrogen-bond donors (Lipinski definition) is 1. The number of nitrogens with one attached hydrogen (secondary N) is 1. The number of carbonyl (C=O) groups excluding carboxylic acids is 1. The number of aryl methyl sites for hydroxylation is 3. The van der Waals surface area contributed by atoms with Gasteiger partial charge in [0.25, 0.3) is 0 Å². The number of nitrogens with zero attached hydrogens (tertiary/aromatic N) is 1. The van der Waals surface area contributed by atoms with Gasteiger partial charge in [-0.15, -0.1) is 0 Å². The Morgan fingerprint density at radius 1 is 1.32 bits per heavy atom. The molecule has 1 heterocycles. The fraction of sp³-hybridized carbons (Fsp3) is 0.471. The van der Waals surface area contributed by atoms with Crippen LogP contribution in [0.4, 0.5) is 5.69 Å². The lowest BCUT2D eigenvalue weighted by Gasteiger charge is -2.31. The van der Waals surface area contributed by atoms with Crippen LogP contribution in [0.3, 0.4) is 0 Å². The first-order valence-corrected chi connectivity index (χ1v) is 8.46. The highest BCUT2D eigenvalue weighted by Crippen LogP contribution is 2.39. The molecule has 1 aromatic rings. The van der Waals surface area contributed by atoms with Crippen molar-refractivity contribution in [1.82, 2.24) is 5.32 Å². The molecule has 4 nitrogen and oxygen atoms in total. The molecule has 0 saturated carbocycles. The smallest absolute Gasteiger partial charge is 0.311 e. The molecule has 0 bridgehead atoms. The maximum atomic E-state index is 11.9. The van der Waals surface area contributed by atoms with Gasteiger partial charge in [0, 0.05) is 11.4 Å². The third-order valence-corrected chi connectivity index (χ3v) is 4.74. The normalized spacial score (nSPS) is 17.6. The summed E-state index contributed by atoms with van der Waals surface area (Å²) in [5.74, 6) is -0.182. The molecule has 5 heteroatoms. The lowest BCUT2D eigenvalue weighted by atomic mass is 10.0. The number of anilines is 1. The van der Waals surface area contributed by atoms with Crippen LogP contribution in [0.25, 0.3) is 0 Å². The van der Waals surface area contributed by atoms with Crippen LogP contribution in [-0.4, -0.2) is 25.1 Å². The Kier molecular flexibility index (Phi) is 5.53. The molecule has 1 aliphatic heterocycles. The van der Waals surface area contributed by atoms with E-state index < -0.39 is 0 Å². The van der Waals surface area contributed by atoms with Crippen LogP contribution in [0.1, 0.15) is 30.0 Å². The number of carbonyl (C=O) groups is 1. The molecule has 1 aromatic carbocycles. The van der Waals surface area contributed by atoms with E-state index in [1.807, 2.05) is 14.0 Å². The van der Waals surface area contributed by atoms with Crippen LogP contribution in [0.2, 0.25) is 0 Å². The van der Waals surface area contributed by atoms with Crippen LogP contribution in [0, 0.1) is 20.8 Å². The van der Waals surface area contributed by atoms with Gasteiger partial charge in [-0.05, 0) is 51.3 Å². The van der Waals surface area contributed by atoms with E-state index in [-0.39, 0.29) is 11.5 Å². The number of ether oxygens (including phenoxy) is 1. The van der Waals surface area contributed by atoms with Crippen LogP contribution in [0.5, 0.6) is 0 Å². The zero-order valence-corrected chi connectivity index (χ0v) is 14.7. The highest BCUT2D eigenvalue weighted by molar-refractivity contribution is 8.03. The predicted octanol–water partition coefficient (Wildman–Crippen LogP) is 3.46. The summed E-state index contributed by atoms with van der Waals surface area (Å²) < 4.78 is 5.10. The van der Waals surface area contributed by atoms with Gasteiger partial charge in [0.2, 0.25) is 0 Å². The van der Waals surface area contributed by atoms with E-state index in [2.05, 4.69) is 48.5 Å². The molecule has 1 N–H and O–H groups in total. The number of esters is 1. The quantitative estimate of drug-likeness (QED) is 0.842.